The average molecular weight is 668 g/mol. The Bertz CT molecular complexity index is 1310. The normalized spacial score (nSPS) is 13.8. The molecular weight excluding hydrogens is 648 g/mol. The van der Waals surface area contributed by atoms with E-state index in [1.807, 2.05) is 0 Å². The highest BCUT2D eigenvalue weighted by Gasteiger charge is 2.73. The van der Waals surface area contributed by atoms with Crippen molar-refractivity contribution in [3.05, 3.63) is 62.2 Å². The van der Waals surface area contributed by atoms with Crippen molar-refractivity contribution in [2.24, 2.45) is 5.73 Å². The van der Waals surface area contributed by atoms with E-state index in [-0.39, 0.29) is 32.5 Å². The zero-order valence-electron chi connectivity index (χ0n) is 19.3. The van der Waals surface area contributed by atoms with Crippen molar-refractivity contribution in [3.8, 4) is 0 Å². The fourth-order valence-electron chi connectivity index (χ4n) is 3.76. The molecule has 37 heavy (non-hydrogen) atoms. The molecule has 204 valence electrons. The number of halogens is 8. The molecule has 0 spiro atoms. The van der Waals surface area contributed by atoms with Gasteiger partial charge in [-0.2, -0.15) is 26.3 Å². The minimum Gasteiger partial charge on any atom is -0.366 e. The number of alkyl halides is 7. The first-order chi connectivity index (χ1) is 16.6. The van der Waals surface area contributed by atoms with Gasteiger partial charge in [-0.3, -0.25) is 9.59 Å². The summed E-state index contributed by atoms with van der Waals surface area (Å²) in [6.45, 7) is 2.31. The van der Waals surface area contributed by atoms with Crippen molar-refractivity contribution in [3.63, 3.8) is 0 Å². The van der Waals surface area contributed by atoms with E-state index in [2.05, 4.69) is 0 Å². The van der Waals surface area contributed by atoms with E-state index in [9.17, 15) is 48.7 Å². The second-order valence-electron chi connectivity index (χ2n) is 8.30. The molecule has 2 N–H and O–H groups in total. The van der Waals surface area contributed by atoms with Gasteiger partial charge in [0, 0.05) is 27.1 Å². The molecular formula is C22H20F7IN2O4S. The van der Waals surface area contributed by atoms with Crippen molar-refractivity contribution < 1.29 is 48.7 Å². The minimum atomic E-state index is -6.35. The summed E-state index contributed by atoms with van der Waals surface area (Å²) in [5.74, 6) is -2.67. The summed E-state index contributed by atoms with van der Waals surface area (Å²) >= 11 is 1.71. The van der Waals surface area contributed by atoms with Crippen LogP contribution in [0, 0.1) is 10.5 Å². The number of primary amides is 1. The molecule has 0 aliphatic heterocycles. The minimum absolute atomic E-state index is 0.210. The van der Waals surface area contributed by atoms with E-state index < -0.39 is 62.6 Å². The maximum atomic E-state index is 14.6. The average Bonchev–Trinajstić information content (AvgIpc) is 2.71. The van der Waals surface area contributed by atoms with Crippen LogP contribution < -0.4 is 10.6 Å². The molecule has 0 saturated carbocycles. The highest BCUT2D eigenvalue weighted by molar-refractivity contribution is 14.1. The van der Waals surface area contributed by atoms with Gasteiger partial charge in [0.2, 0.25) is 5.91 Å². The predicted molar refractivity (Wildman–Crippen MR) is 130 cm³/mol. The number of carbonyl (C=O) groups excluding carboxylic acids is 2. The third kappa shape index (κ3) is 6.18. The van der Waals surface area contributed by atoms with Gasteiger partial charge in [-0.25, -0.2) is 12.8 Å². The maximum Gasteiger partial charge on any atom is 0.435 e. The number of sulfone groups is 1. The van der Waals surface area contributed by atoms with E-state index in [0.717, 1.165) is 18.1 Å². The largest absolute Gasteiger partial charge is 0.435 e. The zero-order chi connectivity index (χ0) is 28.7. The SMILES string of the molecule is Cc1cc(C(F)(C(F)(F)F)C(F)(F)F)ccc1N(C(=O)c1c(I)cccc1C(N)=O)[C@@H](C)CS(C)(=O)=O. The number of rotatable bonds is 7. The van der Waals surface area contributed by atoms with Crippen LogP contribution in [-0.2, 0) is 15.5 Å². The van der Waals surface area contributed by atoms with Crippen LogP contribution in [0.2, 0.25) is 0 Å². The second-order valence-corrected chi connectivity index (χ2v) is 11.6. The van der Waals surface area contributed by atoms with Crippen molar-refractivity contribution >= 4 is 49.9 Å². The predicted octanol–water partition coefficient (Wildman–Crippen LogP) is 5.07. The number of nitrogens with two attached hydrogens (primary N) is 1. The van der Waals surface area contributed by atoms with E-state index in [4.69, 9.17) is 5.73 Å². The van der Waals surface area contributed by atoms with Crippen molar-refractivity contribution in [1.82, 2.24) is 0 Å². The lowest BCUT2D eigenvalue weighted by Gasteiger charge is -2.33. The Labute approximate surface area is 221 Å². The number of anilines is 1. The summed E-state index contributed by atoms with van der Waals surface area (Å²) in [4.78, 5) is 26.4. The topological polar surface area (TPSA) is 97.5 Å². The molecule has 0 radical (unpaired) electrons. The van der Waals surface area contributed by atoms with Gasteiger partial charge in [-0.15, -0.1) is 0 Å². The lowest BCUT2D eigenvalue weighted by atomic mass is 9.92. The molecule has 1 atom stereocenters. The number of hydrogen-bond donors (Lipinski definition) is 1. The van der Waals surface area contributed by atoms with Crippen LogP contribution in [-0.4, -0.2) is 50.6 Å². The van der Waals surface area contributed by atoms with Gasteiger partial charge in [-0.1, -0.05) is 18.2 Å². The smallest absolute Gasteiger partial charge is 0.366 e. The number of benzene rings is 2. The summed E-state index contributed by atoms with van der Waals surface area (Å²) in [7, 11) is -3.76. The van der Waals surface area contributed by atoms with Gasteiger partial charge in [0.25, 0.3) is 5.91 Å². The Kier molecular flexibility index (Phi) is 8.64. The number of hydrogen-bond acceptors (Lipinski definition) is 4. The summed E-state index contributed by atoms with van der Waals surface area (Å²) < 4.78 is 118. The standard InChI is InChI=1S/C22H20F7IN2O4S/c1-11-9-13(20(23,21(24,25)26)22(27,28)29)7-8-16(11)32(12(2)10-37(3,35)36)19(34)17-14(18(31)33)5-4-6-15(17)30/h4-9,12H,10H2,1-3H3,(H2,31,33)/t12-/m0/s1. The molecule has 0 saturated heterocycles. The molecule has 0 aromatic heterocycles. The summed E-state index contributed by atoms with van der Waals surface area (Å²) in [6.07, 6.45) is -11.9. The maximum absolute atomic E-state index is 14.6. The van der Waals surface area contributed by atoms with Crippen molar-refractivity contribution in [1.29, 1.82) is 0 Å². The molecule has 2 amide bonds. The molecule has 0 aliphatic carbocycles. The highest BCUT2D eigenvalue weighted by Crippen LogP contribution is 2.53. The third-order valence-corrected chi connectivity index (χ3v) is 7.32. The first-order valence-corrected chi connectivity index (χ1v) is 13.3. The molecule has 15 heteroatoms. The number of amides is 2. The Morgan fingerprint density at radius 1 is 1.03 bits per heavy atom. The fourth-order valence-corrected chi connectivity index (χ4v) is 5.51. The van der Waals surface area contributed by atoms with Gasteiger partial charge in [0.05, 0.1) is 16.9 Å². The lowest BCUT2D eigenvalue weighted by molar-refractivity contribution is -0.348. The molecule has 0 heterocycles. The van der Waals surface area contributed by atoms with Crippen molar-refractivity contribution in [2.45, 2.75) is 37.9 Å². The number of carbonyl (C=O) groups is 2. The van der Waals surface area contributed by atoms with Gasteiger partial charge < -0.3 is 10.6 Å². The first kappa shape index (κ1) is 30.8. The van der Waals surface area contributed by atoms with Crippen molar-refractivity contribution in [2.75, 3.05) is 16.9 Å². The van der Waals surface area contributed by atoms with Crippen LogP contribution in [0.3, 0.4) is 0 Å². The van der Waals surface area contributed by atoms with Gasteiger partial charge in [-0.05, 0) is 60.2 Å². The quantitative estimate of drug-likeness (QED) is 0.330. The Hall–Kier alpha value is -2.43. The molecule has 0 aliphatic rings. The van der Waals surface area contributed by atoms with E-state index in [1.54, 1.807) is 22.6 Å². The first-order valence-electron chi connectivity index (χ1n) is 10.2. The number of aryl methyl sites for hydroxylation is 1. The van der Waals surface area contributed by atoms with Gasteiger partial charge in [0.1, 0.15) is 9.84 Å². The Morgan fingerprint density at radius 3 is 2.00 bits per heavy atom. The van der Waals surface area contributed by atoms with Gasteiger partial charge >= 0.3 is 18.0 Å². The molecule has 6 nitrogen and oxygen atoms in total. The van der Waals surface area contributed by atoms with Crippen LogP contribution in [0.25, 0.3) is 0 Å². The van der Waals surface area contributed by atoms with Gasteiger partial charge in [0.15, 0.2) is 0 Å². The van der Waals surface area contributed by atoms with Crippen LogP contribution in [0.15, 0.2) is 36.4 Å². The fraction of sp³-hybridized carbons (Fsp3) is 0.364. The monoisotopic (exact) mass is 668 g/mol. The van der Waals surface area contributed by atoms with E-state index in [1.165, 1.54) is 25.1 Å². The van der Waals surface area contributed by atoms with E-state index in [0.29, 0.717) is 6.07 Å². The number of nitrogens with zero attached hydrogens (tertiary/aromatic N) is 1. The van der Waals surface area contributed by atoms with Crippen LogP contribution >= 0.6 is 22.6 Å². The molecule has 2 aromatic rings. The molecule has 2 rings (SSSR count). The van der Waals surface area contributed by atoms with Crippen LogP contribution in [0.5, 0.6) is 0 Å². The van der Waals surface area contributed by atoms with Crippen LogP contribution in [0.1, 0.15) is 38.8 Å². The molecule has 0 bridgehead atoms. The summed E-state index contributed by atoms with van der Waals surface area (Å²) in [5, 5.41) is 0. The summed E-state index contributed by atoms with van der Waals surface area (Å²) in [5.41, 5.74) is -3.33. The molecule has 2 aromatic carbocycles. The third-order valence-electron chi connectivity index (χ3n) is 5.33. The second kappa shape index (κ2) is 10.4. The summed E-state index contributed by atoms with van der Waals surface area (Å²) in [6, 6.07) is 4.02. The molecule has 0 fully saturated rings. The molecule has 0 unspecified atom stereocenters. The van der Waals surface area contributed by atoms with E-state index >= 15 is 0 Å². The van der Waals surface area contributed by atoms with Crippen LogP contribution in [0.4, 0.5) is 36.4 Å². The highest BCUT2D eigenvalue weighted by atomic mass is 127. The Morgan fingerprint density at radius 2 is 1.57 bits per heavy atom. The lowest BCUT2D eigenvalue weighted by Crippen LogP contribution is -2.50. The zero-order valence-corrected chi connectivity index (χ0v) is 22.3. The Balaban J connectivity index is 2.81.